The van der Waals surface area contributed by atoms with Crippen LogP contribution in [0, 0.1) is 0 Å². The van der Waals surface area contributed by atoms with Gasteiger partial charge in [-0.05, 0) is 0 Å². The van der Waals surface area contributed by atoms with E-state index < -0.39 is 0 Å². The van der Waals surface area contributed by atoms with E-state index >= 15 is 0 Å². The van der Waals surface area contributed by atoms with Crippen LogP contribution in [0.5, 0.6) is 0 Å². The molecule has 0 amide bonds. The average molecular weight is 209 g/mol. The normalized spacial score (nSPS) is 8.71. The number of hydrogen-bond donors (Lipinski definition) is 1. The fourth-order valence-electron chi connectivity index (χ4n) is 0.421. The van der Waals surface area contributed by atoms with E-state index in [1.165, 1.54) is 3.70 Å². The summed E-state index contributed by atoms with van der Waals surface area (Å²) in [4.78, 5) is 0. The van der Waals surface area contributed by atoms with Gasteiger partial charge in [0.1, 0.15) is 0 Å². The molecule has 38 valence electrons. The molecule has 0 spiro atoms. The van der Waals surface area contributed by atoms with Gasteiger partial charge in [-0.2, -0.15) is 0 Å². The monoisotopic (exact) mass is 211 g/mol. The van der Waals surface area contributed by atoms with Crippen molar-refractivity contribution in [3.05, 3.63) is 16.2 Å². The Hall–Kier alpha value is 0.0696. The maximum absolute atomic E-state index is 3.12. The molecule has 0 saturated carbocycles. The molecule has 7 heavy (non-hydrogen) atoms. The van der Waals surface area contributed by atoms with Crippen molar-refractivity contribution in [2.75, 3.05) is 12.4 Å². The molecule has 0 radical (unpaired) electrons. The summed E-state index contributed by atoms with van der Waals surface area (Å²) in [6, 6.07) is 4.26. The minimum absolute atomic E-state index is 0.0940. The van der Waals surface area contributed by atoms with Gasteiger partial charge in [-0.1, -0.05) is 0 Å². The molecule has 1 rings (SSSR count). The van der Waals surface area contributed by atoms with E-state index in [4.69, 9.17) is 0 Å². The molecule has 0 aliphatic carbocycles. The summed E-state index contributed by atoms with van der Waals surface area (Å²) in [7, 11) is 1.98. The number of nitrogens with one attached hydrogen (secondary N) is 1. The summed E-state index contributed by atoms with van der Waals surface area (Å²) < 4.78 is 3.70. The van der Waals surface area contributed by atoms with E-state index in [2.05, 4.69) is 21.5 Å². The summed E-state index contributed by atoms with van der Waals surface area (Å²) in [6.45, 7) is 0. The van der Waals surface area contributed by atoms with E-state index in [1.807, 2.05) is 7.05 Å². The first-order chi connectivity index (χ1) is 3.43. The summed E-state index contributed by atoms with van der Waals surface area (Å²) in [5, 5.41) is 3.12. The van der Waals surface area contributed by atoms with E-state index in [0.29, 0.717) is 0 Å². The van der Waals surface area contributed by atoms with Crippen LogP contribution in [0.2, 0.25) is 0 Å². The van der Waals surface area contributed by atoms with Crippen LogP contribution in [0.15, 0.2) is 16.2 Å². The Bertz CT molecular complexity index is 123. The minimum atomic E-state index is 0.0940. The van der Waals surface area contributed by atoms with Crippen LogP contribution >= 0.6 is 0 Å². The molecule has 1 N–H and O–H groups in total. The van der Waals surface area contributed by atoms with Crippen LogP contribution in [-0.4, -0.2) is 27.5 Å². The van der Waals surface area contributed by atoms with Gasteiger partial charge in [0.15, 0.2) is 0 Å². The van der Waals surface area contributed by atoms with Crippen molar-refractivity contribution in [1.29, 1.82) is 0 Å². The van der Waals surface area contributed by atoms with Gasteiger partial charge < -0.3 is 0 Å². The molecule has 2 heteroatoms. The fraction of sp³-hybridized carbons (Fsp3) is 0.200. The Kier molecular flexibility index (Phi) is 1.78. The molecule has 0 unspecified atom stereocenters. The Morgan fingerprint density at radius 1 is 1.71 bits per heavy atom. The first kappa shape index (κ1) is 5.21. The summed E-state index contributed by atoms with van der Waals surface area (Å²) in [6.07, 6.45) is 0. The molecule has 0 aliphatic rings. The predicted octanol–water partition coefficient (Wildman–Crippen LogP) is 0.785. The molecule has 0 bridgehead atoms. The Morgan fingerprint density at radius 3 is 2.86 bits per heavy atom. The van der Waals surface area contributed by atoms with Gasteiger partial charge in [-0.3, -0.25) is 0 Å². The van der Waals surface area contributed by atoms with Gasteiger partial charge in [-0.15, -0.1) is 0 Å². The van der Waals surface area contributed by atoms with E-state index in [9.17, 15) is 0 Å². The third kappa shape index (κ3) is 1.22. The van der Waals surface area contributed by atoms with Gasteiger partial charge in [-0.25, -0.2) is 0 Å². The van der Waals surface area contributed by atoms with Crippen LogP contribution in [0.4, 0.5) is 3.70 Å². The van der Waals surface area contributed by atoms with Crippen LogP contribution < -0.4 is 5.32 Å². The standard InChI is InChI=1S/C5H7NTe/c1-6-5-3-2-4-7-5/h2-4,6H,1H3. The molecule has 0 atom stereocenters. The molecule has 1 aromatic heterocycles. The Morgan fingerprint density at radius 2 is 2.57 bits per heavy atom. The Balaban J connectivity index is 2.76. The first-order valence-electron chi connectivity index (χ1n) is 2.15. The molecule has 0 saturated heterocycles. The van der Waals surface area contributed by atoms with Gasteiger partial charge in [0.05, 0.1) is 0 Å². The predicted molar refractivity (Wildman–Crippen MR) is 32.9 cm³/mol. The fourth-order valence-corrected chi connectivity index (χ4v) is 2.07. The van der Waals surface area contributed by atoms with Crippen molar-refractivity contribution >= 4 is 24.1 Å². The summed E-state index contributed by atoms with van der Waals surface area (Å²) in [5.41, 5.74) is 0. The topological polar surface area (TPSA) is 12.0 Å². The quantitative estimate of drug-likeness (QED) is 0.673. The van der Waals surface area contributed by atoms with Gasteiger partial charge in [0.25, 0.3) is 0 Å². The maximum atomic E-state index is 3.12. The van der Waals surface area contributed by atoms with Crippen molar-refractivity contribution in [1.82, 2.24) is 0 Å². The average Bonchev–Trinajstić information content (AvgIpc) is 2.14. The van der Waals surface area contributed by atoms with Gasteiger partial charge in [0.2, 0.25) is 0 Å². The molecular weight excluding hydrogens is 202 g/mol. The van der Waals surface area contributed by atoms with E-state index in [1.54, 1.807) is 0 Å². The zero-order valence-electron chi connectivity index (χ0n) is 4.14. The molecule has 1 aromatic rings. The second-order valence-corrected chi connectivity index (χ2v) is 3.93. The second-order valence-electron chi connectivity index (χ2n) is 1.23. The van der Waals surface area contributed by atoms with Gasteiger partial charge in [0, 0.05) is 0 Å². The second kappa shape index (κ2) is 2.40. The number of rotatable bonds is 1. The van der Waals surface area contributed by atoms with Crippen LogP contribution in [-0.2, 0) is 0 Å². The molecule has 1 heterocycles. The number of hydrogen-bond acceptors (Lipinski definition) is 1. The summed E-state index contributed by atoms with van der Waals surface area (Å²) >= 11 is 0.0940. The zero-order chi connectivity index (χ0) is 5.11. The third-order valence-corrected chi connectivity index (χ3v) is 3.30. The molecule has 1 nitrogen and oxygen atoms in total. The van der Waals surface area contributed by atoms with E-state index in [-0.39, 0.29) is 20.4 Å². The zero-order valence-corrected chi connectivity index (χ0v) is 6.47. The third-order valence-electron chi connectivity index (χ3n) is 0.768. The summed E-state index contributed by atoms with van der Waals surface area (Å²) in [5.74, 6) is 0. The number of anilines is 1. The SMILES string of the molecule is CNc1ccc[te]1. The first-order valence-corrected chi connectivity index (χ1v) is 4.66. The molecule has 0 aliphatic heterocycles. The van der Waals surface area contributed by atoms with E-state index in [0.717, 1.165) is 0 Å². The molecule has 0 fully saturated rings. The molecular formula is C5H7NTe. The Labute approximate surface area is 53.0 Å². The van der Waals surface area contributed by atoms with Crippen molar-refractivity contribution in [2.45, 2.75) is 0 Å². The van der Waals surface area contributed by atoms with Gasteiger partial charge >= 0.3 is 52.7 Å². The van der Waals surface area contributed by atoms with Crippen molar-refractivity contribution in [2.24, 2.45) is 0 Å². The van der Waals surface area contributed by atoms with Crippen molar-refractivity contribution < 1.29 is 0 Å². The van der Waals surface area contributed by atoms with Crippen LogP contribution in [0.1, 0.15) is 0 Å². The van der Waals surface area contributed by atoms with Crippen molar-refractivity contribution in [3.8, 4) is 0 Å². The van der Waals surface area contributed by atoms with Crippen molar-refractivity contribution in [3.63, 3.8) is 0 Å². The molecule has 0 aromatic carbocycles. The van der Waals surface area contributed by atoms with Crippen LogP contribution in [0.3, 0.4) is 0 Å². The van der Waals surface area contributed by atoms with Crippen LogP contribution in [0.25, 0.3) is 0 Å².